The van der Waals surface area contributed by atoms with Crippen molar-refractivity contribution in [2.75, 3.05) is 7.11 Å². The number of rotatable bonds is 5. The first-order valence-electron chi connectivity index (χ1n) is 4.85. The van der Waals surface area contributed by atoms with Gasteiger partial charge in [-0.2, -0.15) is 0 Å². The van der Waals surface area contributed by atoms with Crippen molar-refractivity contribution in [2.45, 2.75) is 26.4 Å². The molecule has 2 unspecified atom stereocenters. The van der Waals surface area contributed by atoms with Gasteiger partial charge >= 0.3 is 5.97 Å². The first-order valence-corrected chi connectivity index (χ1v) is 4.85. The summed E-state index contributed by atoms with van der Waals surface area (Å²) >= 11 is 0. The lowest BCUT2D eigenvalue weighted by atomic mass is 10.0. The van der Waals surface area contributed by atoms with Crippen molar-refractivity contribution in [3.05, 3.63) is 18.0 Å². The monoisotopic (exact) mass is 212 g/mol. The van der Waals surface area contributed by atoms with Crippen molar-refractivity contribution in [2.24, 2.45) is 5.92 Å². The van der Waals surface area contributed by atoms with Crippen molar-refractivity contribution in [1.29, 1.82) is 0 Å². The van der Waals surface area contributed by atoms with Crippen LogP contribution < -0.4 is 5.32 Å². The van der Waals surface area contributed by atoms with Crippen LogP contribution in [-0.2, 0) is 16.1 Å². The van der Waals surface area contributed by atoms with Crippen molar-refractivity contribution >= 4 is 5.97 Å². The van der Waals surface area contributed by atoms with Crippen LogP contribution >= 0.6 is 0 Å². The third-order valence-corrected chi connectivity index (χ3v) is 2.42. The number of nitrogens with zero attached hydrogens (tertiary/aromatic N) is 1. The largest absolute Gasteiger partial charge is 0.469 e. The predicted octanol–water partition coefficient (Wildman–Crippen LogP) is 0.962. The Hall–Kier alpha value is -1.36. The molecule has 1 heterocycles. The van der Waals surface area contributed by atoms with Crippen LogP contribution in [0.1, 0.15) is 19.5 Å². The van der Waals surface area contributed by atoms with Gasteiger partial charge in [-0.3, -0.25) is 4.79 Å². The Labute approximate surface area is 88.8 Å². The number of hydrogen-bond donors (Lipinski definition) is 1. The molecule has 0 saturated heterocycles. The maximum absolute atomic E-state index is 11.2. The molecule has 0 aliphatic carbocycles. The number of nitrogens with one attached hydrogen (secondary N) is 1. The van der Waals surface area contributed by atoms with Gasteiger partial charge in [0.15, 0.2) is 0 Å². The zero-order chi connectivity index (χ0) is 11.3. The lowest BCUT2D eigenvalue weighted by Crippen LogP contribution is -2.36. The molecule has 0 amide bonds. The maximum Gasteiger partial charge on any atom is 0.309 e. The summed E-state index contributed by atoms with van der Waals surface area (Å²) < 4.78 is 9.35. The molecule has 0 aliphatic rings. The van der Waals surface area contributed by atoms with Gasteiger partial charge in [0.25, 0.3) is 0 Å². The molecule has 0 bridgehead atoms. The zero-order valence-electron chi connectivity index (χ0n) is 9.19. The SMILES string of the molecule is COC(=O)C(C)C(C)NCc1ccon1. The van der Waals surface area contributed by atoms with Crippen LogP contribution in [0.3, 0.4) is 0 Å². The lowest BCUT2D eigenvalue weighted by Gasteiger charge is -2.18. The second-order valence-electron chi connectivity index (χ2n) is 3.47. The summed E-state index contributed by atoms with van der Waals surface area (Å²) in [4.78, 5) is 11.2. The molecule has 0 aromatic carbocycles. The van der Waals surface area contributed by atoms with E-state index in [1.807, 2.05) is 13.8 Å². The van der Waals surface area contributed by atoms with E-state index in [-0.39, 0.29) is 17.9 Å². The Kier molecular flexibility index (Phi) is 4.30. The van der Waals surface area contributed by atoms with Crippen LogP contribution in [0.5, 0.6) is 0 Å². The molecule has 0 fully saturated rings. The summed E-state index contributed by atoms with van der Waals surface area (Å²) in [5, 5.41) is 6.94. The summed E-state index contributed by atoms with van der Waals surface area (Å²) in [6.45, 7) is 4.34. The van der Waals surface area contributed by atoms with Gasteiger partial charge in [0, 0.05) is 18.7 Å². The molecule has 5 heteroatoms. The molecule has 0 spiro atoms. The van der Waals surface area contributed by atoms with E-state index in [1.165, 1.54) is 13.4 Å². The minimum atomic E-state index is -0.213. The Bertz CT molecular complexity index is 298. The van der Waals surface area contributed by atoms with Crippen LogP contribution in [0, 0.1) is 5.92 Å². The molecule has 1 N–H and O–H groups in total. The summed E-state index contributed by atoms with van der Waals surface area (Å²) in [5.74, 6) is -0.392. The number of ether oxygens (including phenoxy) is 1. The number of aromatic nitrogens is 1. The molecule has 5 nitrogen and oxygen atoms in total. The second-order valence-corrected chi connectivity index (χ2v) is 3.47. The molecule has 1 rings (SSSR count). The topological polar surface area (TPSA) is 64.4 Å². The minimum Gasteiger partial charge on any atom is -0.469 e. The van der Waals surface area contributed by atoms with Crippen molar-refractivity contribution in [3.63, 3.8) is 0 Å². The number of carbonyl (C=O) groups is 1. The Morgan fingerprint density at radius 1 is 1.67 bits per heavy atom. The van der Waals surface area contributed by atoms with Gasteiger partial charge in [-0.25, -0.2) is 0 Å². The number of methoxy groups -OCH3 is 1. The van der Waals surface area contributed by atoms with E-state index >= 15 is 0 Å². The van der Waals surface area contributed by atoms with Crippen LogP contribution in [0.4, 0.5) is 0 Å². The highest BCUT2D eigenvalue weighted by Gasteiger charge is 2.20. The van der Waals surface area contributed by atoms with Crippen molar-refractivity contribution in [1.82, 2.24) is 10.5 Å². The van der Waals surface area contributed by atoms with E-state index in [4.69, 9.17) is 4.52 Å². The fourth-order valence-electron chi connectivity index (χ4n) is 1.16. The summed E-state index contributed by atoms with van der Waals surface area (Å²) in [6.07, 6.45) is 1.52. The fraction of sp³-hybridized carbons (Fsp3) is 0.600. The highest BCUT2D eigenvalue weighted by atomic mass is 16.5. The van der Waals surface area contributed by atoms with E-state index in [0.717, 1.165) is 5.69 Å². The average Bonchev–Trinajstić information content (AvgIpc) is 2.76. The molecule has 0 aliphatic heterocycles. The van der Waals surface area contributed by atoms with E-state index in [1.54, 1.807) is 6.07 Å². The normalized spacial score (nSPS) is 14.6. The molecule has 15 heavy (non-hydrogen) atoms. The molecule has 84 valence electrons. The minimum absolute atomic E-state index is 0.0362. The van der Waals surface area contributed by atoms with Crippen molar-refractivity contribution in [3.8, 4) is 0 Å². The molecule has 0 saturated carbocycles. The Balaban J connectivity index is 2.35. The maximum atomic E-state index is 11.2. The van der Waals surface area contributed by atoms with Gasteiger partial charge in [-0.1, -0.05) is 12.1 Å². The number of esters is 1. The summed E-state index contributed by atoms with van der Waals surface area (Å²) in [5.41, 5.74) is 0.818. The van der Waals surface area contributed by atoms with E-state index in [2.05, 4.69) is 15.2 Å². The molecule has 1 aromatic heterocycles. The van der Waals surface area contributed by atoms with Crippen molar-refractivity contribution < 1.29 is 14.1 Å². The lowest BCUT2D eigenvalue weighted by molar-refractivity contribution is -0.145. The average molecular weight is 212 g/mol. The summed E-state index contributed by atoms with van der Waals surface area (Å²) in [7, 11) is 1.39. The quantitative estimate of drug-likeness (QED) is 0.736. The summed E-state index contributed by atoms with van der Waals surface area (Å²) in [6, 6.07) is 1.82. The highest BCUT2D eigenvalue weighted by molar-refractivity contribution is 5.72. The molecule has 2 atom stereocenters. The Morgan fingerprint density at radius 3 is 2.93 bits per heavy atom. The van der Waals surface area contributed by atoms with E-state index < -0.39 is 0 Å². The van der Waals surface area contributed by atoms with E-state index in [0.29, 0.717) is 6.54 Å². The van der Waals surface area contributed by atoms with Gasteiger partial charge in [-0.15, -0.1) is 0 Å². The number of hydrogen-bond acceptors (Lipinski definition) is 5. The van der Waals surface area contributed by atoms with Gasteiger partial charge < -0.3 is 14.6 Å². The first kappa shape index (κ1) is 11.7. The second kappa shape index (κ2) is 5.50. The third-order valence-electron chi connectivity index (χ3n) is 2.42. The zero-order valence-corrected chi connectivity index (χ0v) is 9.19. The van der Waals surface area contributed by atoms with Gasteiger partial charge in [0.2, 0.25) is 0 Å². The number of carbonyl (C=O) groups excluding carboxylic acids is 1. The molecule has 0 radical (unpaired) electrons. The smallest absolute Gasteiger partial charge is 0.309 e. The molecular weight excluding hydrogens is 196 g/mol. The van der Waals surface area contributed by atoms with Crippen LogP contribution in [0.2, 0.25) is 0 Å². The first-order chi connectivity index (χ1) is 7.15. The molecule has 1 aromatic rings. The van der Waals surface area contributed by atoms with Gasteiger partial charge in [0.1, 0.15) is 6.26 Å². The molecular formula is C10H16N2O3. The van der Waals surface area contributed by atoms with Crippen LogP contribution in [0.25, 0.3) is 0 Å². The highest BCUT2D eigenvalue weighted by Crippen LogP contribution is 2.05. The predicted molar refractivity (Wildman–Crippen MR) is 54.0 cm³/mol. The standard InChI is InChI=1S/C10H16N2O3/c1-7(10(13)14-3)8(2)11-6-9-4-5-15-12-9/h4-5,7-8,11H,6H2,1-3H3. The Morgan fingerprint density at radius 2 is 2.40 bits per heavy atom. The fourth-order valence-corrected chi connectivity index (χ4v) is 1.16. The third kappa shape index (κ3) is 3.36. The van der Waals surface area contributed by atoms with E-state index in [9.17, 15) is 4.79 Å². The van der Waals surface area contributed by atoms with Crippen LogP contribution in [-0.4, -0.2) is 24.3 Å². The van der Waals surface area contributed by atoms with Gasteiger partial charge in [-0.05, 0) is 6.92 Å². The van der Waals surface area contributed by atoms with Crippen LogP contribution in [0.15, 0.2) is 16.9 Å². The van der Waals surface area contributed by atoms with Gasteiger partial charge in [0.05, 0.1) is 18.7 Å².